The second-order valence-corrected chi connectivity index (χ2v) is 7.90. The highest BCUT2D eigenvalue weighted by Gasteiger charge is 2.29. The van der Waals surface area contributed by atoms with E-state index < -0.39 is 11.9 Å². The molecule has 0 saturated carbocycles. The first-order chi connectivity index (χ1) is 15.6. The molecule has 2 aliphatic rings. The average molecular weight is 434 g/mol. The van der Waals surface area contributed by atoms with Crippen LogP contribution in [0, 0.1) is 5.82 Å². The molecule has 1 amide bonds. The quantitative estimate of drug-likeness (QED) is 0.623. The van der Waals surface area contributed by atoms with E-state index in [2.05, 4.69) is 24.8 Å². The number of benzene rings is 1. The molecule has 2 aliphatic heterocycles. The van der Waals surface area contributed by atoms with E-state index in [4.69, 9.17) is 4.74 Å². The lowest BCUT2D eigenvalue weighted by Gasteiger charge is -2.35. The molecule has 8 nitrogen and oxygen atoms in total. The Hall–Kier alpha value is -3.75. The third-order valence-electron chi connectivity index (χ3n) is 5.72. The Labute approximate surface area is 185 Å². The van der Waals surface area contributed by atoms with E-state index in [1.54, 1.807) is 30.7 Å². The summed E-state index contributed by atoms with van der Waals surface area (Å²) >= 11 is 0. The lowest BCUT2D eigenvalue weighted by molar-refractivity contribution is 0.150. The summed E-state index contributed by atoms with van der Waals surface area (Å²) in [5, 5.41) is 0. The molecule has 2 fully saturated rings. The van der Waals surface area contributed by atoms with E-state index in [1.165, 1.54) is 11.0 Å². The van der Waals surface area contributed by atoms with Crippen molar-refractivity contribution >= 4 is 23.5 Å². The highest BCUT2D eigenvalue weighted by molar-refractivity contribution is 5.90. The monoisotopic (exact) mass is 434 g/mol. The lowest BCUT2D eigenvalue weighted by atomic mass is 10.1. The van der Waals surface area contributed by atoms with Gasteiger partial charge in [-0.25, -0.2) is 24.1 Å². The number of cyclic esters (lactones) is 1. The van der Waals surface area contributed by atoms with Gasteiger partial charge in [-0.3, -0.25) is 4.90 Å². The van der Waals surface area contributed by atoms with Crippen molar-refractivity contribution in [2.45, 2.75) is 13.0 Å². The van der Waals surface area contributed by atoms with Crippen LogP contribution >= 0.6 is 0 Å². The molecule has 1 unspecified atom stereocenters. The summed E-state index contributed by atoms with van der Waals surface area (Å²) in [5.74, 6) is 1.19. The molecule has 0 N–H and O–H groups in total. The number of anilines is 3. The summed E-state index contributed by atoms with van der Waals surface area (Å²) in [4.78, 5) is 30.9. The van der Waals surface area contributed by atoms with Gasteiger partial charge in [0.2, 0.25) is 5.95 Å². The molecule has 0 radical (unpaired) electrons. The summed E-state index contributed by atoms with van der Waals surface area (Å²) < 4.78 is 20.0. The van der Waals surface area contributed by atoms with Gasteiger partial charge in [-0.05, 0) is 43.3 Å². The second kappa shape index (κ2) is 8.41. The fourth-order valence-electron chi connectivity index (χ4n) is 4.04. The molecule has 2 aromatic heterocycles. The maximum atomic E-state index is 14.8. The number of nitrogens with zero attached hydrogens (tertiary/aromatic N) is 6. The molecule has 0 aliphatic carbocycles. The first-order valence-electron chi connectivity index (χ1n) is 10.6. The Morgan fingerprint density at radius 3 is 2.38 bits per heavy atom. The number of rotatable bonds is 4. The maximum Gasteiger partial charge on any atom is 0.414 e. The van der Waals surface area contributed by atoms with E-state index in [0.29, 0.717) is 23.4 Å². The van der Waals surface area contributed by atoms with Crippen LogP contribution in [0.25, 0.3) is 11.1 Å². The molecule has 32 heavy (non-hydrogen) atoms. The van der Waals surface area contributed by atoms with Crippen molar-refractivity contribution in [1.29, 1.82) is 0 Å². The minimum absolute atomic E-state index is 0.205. The van der Waals surface area contributed by atoms with E-state index in [-0.39, 0.29) is 6.10 Å². The molecule has 2 saturated heterocycles. The van der Waals surface area contributed by atoms with Crippen molar-refractivity contribution in [3.63, 3.8) is 0 Å². The third-order valence-corrected chi connectivity index (χ3v) is 5.72. The molecule has 4 heterocycles. The number of ether oxygens (including phenoxy) is 1. The number of halogens is 1. The van der Waals surface area contributed by atoms with E-state index in [0.717, 1.165) is 37.9 Å². The Bertz CT molecular complexity index is 1100. The van der Waals surface area contributed by atoms with Gasteiger partial charge in [-0.15, -0.1) is 0 Å². The topological polar surface area (TPSA) is 74.7 Å². The SMILES string of the molecule is CC1CN(c2ccc(-c3ccc(N4CCN(c5ncccn5)CC4)nc3)c(F)c2)C(=O)O1. The van der Waals surface area contributed by atoms with E-state index >= 15 is 0 Å². The van der Waals surface area contributed by atoms with Crippen molar-refractivity contribution in [2.24, 2.45) is 0 Å². The largest absolute Gasteiger partial charge is 0.444 e. The number of carbonyl (C=O) groups is 1. The van der Waals surface area contributed by atoms with Crippen LogP contribution in [0.3, 0.4) is 0 Å². The van der Waals surface area contributed by atoms with Gasteiger partial charge in [0.15, 0.2) is 0 Å². The Kier molecular flexibility index (Phi) is 5.30. The van der Waals surface area contributed by atoms with Gasteiger partial charge in [0.05, 0.1) is 12.2 Å². The average Bonchev–Trinajstić information content (AvgIpc) is 3.18. The molecule has 9 heteroatoms. The highest BCUT2D eigenvalue weighted by Crippen LogP contribution is 2.29. The minimum atomic E-state index is -0.449. The van der Waals surface area contributed by atoms with Gasteiger partial charge in [0.1, 0.15) is 17.7 Å². The normalized spacial score (nSPS) is 18.8. The molecule has 164 valence electrons. The first-order valence-corrected chi connectivity index (χ1v) is 10.6. The van der Waals surface area contributed by atoms with Crippen molar-refractivity contribution in [3.05, 3.63) is 60.8 Å². The number of piperazine rings is 1. The Balaban J connectivity index is 1.26. The number of hydrogen-bond donors (Lipinski definition) is 0. The van der Waals surface area contributed by atoms with Crippen molar-refractivity contribution in [1.82, 2.24) is 15.0 Å². The van der Waals surface area contributed by atoms with Gasteiger partial charge < -0.3 is 14.5 Å². The standard InChI is InChI=1S/C23H23FN6O2/c1-16-15-30(23(31)32-16)18-4-5-19(20(24)13-18)17-3-6-21(27-14-17)28-9-11-29(12-10-28)22-25-7-2-8-26-22/h2-8,13-14,16H,9-12,15H2,1H3. The van der Waals surface area contributed by atoms with Crippen LogP contribution in [0.2, 0.25) is 0 Å². The molecule has 1 aromatic carbocycles. The summed E-state index contributed by atoms with van der Waals surface area (Å²) in [6, 6.07) is 10.4. The number of carbonyl (C=O) groups excluding carboxylic acids is 1. The Morgan fingerprint density at radius 2 is 1.75 bits per heavy atom. The summed E-state index contributed by atoms with van der Waals surface area (Å²) in [6.07, 6.45) is 4.53. The lowest BCUT2D eigenvalue weighted by Crippen LogP contribution is -2.47. The maximum absolute atomic E-state index is 14.8. The van der Waals surface area contributed by atoms with E-state index in [9.17, 15) is 9.18 Å². The zero-order valence-corrected chi connectivity index (χ0v) is 17.7. The number of amides is 1. The van der Waals surface area contributed by atoms with E-state index in [1.807, 2.05) is 25.1 Å². The zero-order chi connectivity index (χ0) is 22.1. The van der Waals surface area contributed by atoms with Crippen molar-refractivity contribution in [2.75, 3.05) is 47.4 Å². The van der Waals surface area contributed by atoms with Crippen LogP contribution in [0.1, 0.15) is 6.92 Å². The van der Waals surface area contributed by atoms with Crippen LogP contribution in [0.4, 0.5) is 26.6 Å². The smallest absolute Gasteiger partial charge is 0.414 e. The third kappa shape index (κ3) is 3.93. The first kappa shape index (κ1) is 20.2. The summed E-state index contributed by atoms with van der Waals surface area (Å²) in [7, 11) is 0. The van der Waals surface area contributed by atoms with Crippen molar-refractivity contribution in [3.8, 4) is 11.1 Å². The van der Waals surface area contributed by atoms with Crippen LogP contribution in [0.15, 0.2) is 55.0 Å². The number of pyridine rings is 1. The molecule has 0 bridgehead atoms. The van der Waals surface area contributed by atoms with Crippen molar-refractivity contribution < 1.29 is 13.9 Å². The van der Waals surface area contributed by atoms with Gasteiger partial charge >= 0.3 is 6.09 Å². The predicted molar refractivity (Wildman–Crippen MR) is 119 cm³/mol. The fourth-order valence-corrected chi connectivity index (χ4v) is 4.04. The van der Waals surface area contributed by atoms with Crippen LogP contribution in [-0.2, 0) is 4.74 Å². The highest BCUT2D eigenvalue weighted by atomic mass is 19.1. The predicted octanol–water partition coefficient (Wildman–Crippen LogP) is 3.35. The minimum Gasteiger partial charge on any atom is -0.444 e. The van der Waals surface area contributed by atoms with Crippen LogP contribution in [-0.4, -0.2) is 59.9 Å². The summed E-state index contributed by atoms with van der Waals surface area (Å²) in [5.41, 5.74) is 1.62. The number of hydrogen-bond acceptors (Lipinski definition) is 7. The summed E-state index contributed by atoms with van der Waals surface area (Å²) in [6.45, 7) is 5.45. The zero-order valence-electron chi connectivity index (χ0n) is 17.7. The molecule has 1 atom stereocenters. The van der Waals surface area contributed by atoms with Gasteiger partial charge in [0.25, 0.3) is 0 Å². The molecular formula is C23H23FN6O2. The van der Waals surface area contributed by atoms with Gasteiger partial charge in [0, 0.05) is 55.9 Å². The van der Waals surface area contributed by atoms with Crippen LogP contribution < -0.4 is 14.7 Å². The van der Waals surface area contributed by atoms with Gasteiger partial charge in [-0.1, -0.05) is 0 Å². The molecule has 0 spiro atoms. The molecule has 3 aromatic rings. The fraction of sp³-hybridized carbons (Fsp3) is 0.304. The van der Waals surface area contributed by atoms with Crippen LogP contribution in [0.5, 0.6) is 0 Å². The number of aromatic nitrogens is 3. The Morgan fingerprint density at radius 1 is 1.00 bits per heavy atom. The molecular weight excluding hydrogens is 411 g/mol. The second-order valence-electron chi connectivity index (χ2n) is 7.90. The molecule has 5 rings (SSSR count). The van der Waals surface area contributed by atoms with Gasteiger partial charge in [-0.2, -0.15) is 0 Å².